The lowest BCUT2D eigenvalue weighted by molar-refractivity contribution is 0.459. The van der Waals surface area contributed by atoms with Crippen LogP contribution in [0.25, 0.3) is 0 Å². The molecule has 0 spiro atoms. The number of anilines is 1. The molecule has 1 aromatic carbocycles. The van der Waals surface area contributed by atoms with Crippen molar-refractivity contribution in [1.29, 1.82) is 0 Å². The highest BCUT2D eigenvalue weighted by molar-refractivity contribution is 7.09. The lowest BCUT2D eigenvalue weighted by atomic mass is 9.98. The van der Waals surface area contributed by atoms with Crippen LogP contribution in [0.1, 0.15) is 24.1 Å². The molecule has 0 amide bonds. The van der Waals surface area contributed by atoms with Crippen LogP contribution in [0.15, 0.2) is 47.8 Å². The maximum absolute atomic E-state index is 2.60. The van der Waals surface area contributed by atoms with E-state index in [4.69, 9.17) is 0 Å². The summed E-state index contributed by atoms with van der Waals surface area (Å²) in [6, 6.07) is 16.0. The molecule has 1 aliphatic rings. The SMILES string of the molecule is c1ccc(N2CCCCC2Cc2cccs2)cc1. The standard InChI is InChI=1S/C16H19NS/c1-2-7-14(8-3-1)17-11-5-4-9-15(17)13-16-10-6-12-18-16/h1-3,6-8,10,12,15H,4-5,9,11,13H2. The van der Waals surface area contributed by atoms with Gasteiger partial charge in [-0.05, 0) is 42.8 Å². The molecule has 1 nitrogen and oxygen atoms in total. The molecule has 1 aromatic heterocycles. The first-order valence-corrected chi connectivity index (χ1v) is 7.65. The Labute approximate surface area is 113 Å². The molecule has 2 aromatic rings. The summed E-state index contributed by atoms with van der Waals surface area (Å²) in [7, 11) is 0. The molecule has 2 heterocycles. The summed E-state index contributed by atoms with van der Waals surface area (Å²) in [5.74, 6) is 0. The first kappa shape index (κ1) is 11.8. The molecule has 1 saturated heterocycles. The van der Waals surface area contributed by atoms with Gasteiger partial charge in [0.1, 0.15) is 0 Å². The third-order valence-electron chi connectivity index (χ3n) is 3.73. The van der Waals surface area contributed by atoms with Crippen molar-refractivity contribution in [3.8, 4) is 0 Å². The molecule has 1 aliphatic heterocycles. The van der Waals surface area contributed by atoms with Crippen molar-refractivity contribution < 1.29 is 0 Å². The minimum absolute atomic E-state index is 0.680. The molecule has 0 aliphatic carbocycles. The first-order chi connectivity index (χ1) is 8.93. The van der Waals surface area contributed by atoms with Crippen molar-refractivity contribution in [2.75, 3.05) is 11.4 Å². The van der Waals surface area contributed by atoms with Gasteiger partial charge in [-0.1, -0.05) is 24.3 Å². The molecule has 2 heteroatoms. The summed E-state index contributed by atoms with van der Waals surface area (Å²) in [6.07, 6.45) is 5.23. The number of piperidine rings is 1. The molecule has 0 bridgehead atoms. The van der Waals surface area contributed by atoms with Crippen molar-refractivity contribution in [2.24, 2.45) is 0 Å². The van der Waals surface area contributed by atoms with Gasteiger partial charge in [-0.2, -0.15) is 0 Å². The van der Waals surface area contributed by atoms with Crippen LogP contribution < -0.4 is 4.90 Å². The van der Waals surface area contributed by atoms with Crippen LogP contribution in [0, 0.1) is 0 Å². The van der Waals surface area contributed by atoms with Gasteiger partial charge in [0.15, 0.2) is 0 Å². The van der Waals surface area contributed by atoms with Crippen molar-refractivity contribution in [3.63, 3.8) is 0 Å². The maximum Gasteiger partial charge on any atom is 0.0368 e. The van der Waals surface area contributed by atoms with Crippen LogP contribution in [0.5, 0.6) is 0 Å². The molecule has 0 radical (unpaired) electrons. The van der Waals surface area contributed by atoms with Crippen LogP contribution >= 0.6 is 11.3 Å². The molecular weight excluding hydrogens is 238 g/mol. The highest BCUT2D eigenvalue weighted by Gasteiger charge is 2.22. The van der Waals surface area contributed by atoms with Crippen LogP contribution in [0.4, 0.5) is 5.69 Å². The molecule has 3 rings (SSSR count). The van der Waals surface area contributed by atoms with Crippen LogP contribution in [0.2, 0.25) is 0 Å². The molecule has 1 atom stereocenters. The number of hydrogen-bond donors (Lipinski definition) is 0. The van der Waals surface area contributed by atoms with Gasteiger partial charge in [-0.25, -0.2) is 0 Å². The number of hydrogen-bond acceptors (Lipinski definition) is 2. The zero-order valence-electron chi connectivity index (χ0n) is 10.6. The van der Waals surface area contributed by atoms with Gasteiger partial charge in [0.2, 0.25) is 0 Å². The zero-order chi connectivity index (χ0) is 12.2. The van der Waals surface area contributed by atoms with E-state index in [2.05, 4.69) is 52.7 Å². The predicted molar refractivity (Wildman–Crippen MR) is 79.5 cm³/mol. The monoisotopic (exact) mass is 257 g/mol. The van der Waals surface area contributed by atoms with E-state index in [-0.39, 0.29) is 0 Å². The van der Waals surface area contributed by atoms with E-state index in [0.717, 1.165) is 0 Å². The van der Waals surface area contributed by atoms with Gasteiger partial charge < -0.3 is 4.90 Å². The second kappa shape index (κ2) is 5.57. The molecule has 18 heavy (non-hydrogen) atoms. The highest BCUT2D eigenvalue weighted by Crippen LogP contribution is 2.27. The Morgan fingerprint density at radius 1 is 1.06 bits per heavy atom. The van der Waals surface area contributed by atoms with Crippen molar-refractivity contribution in [2.45, 2.75) is 31.7 Å². The zero-order valence-corrected chi connectivity index (χ0v) is 11.4. The van der Waals surface area contributed by atoms with E-state index in [9.17, 15) is 0 Å². The summed E-state index contributed by atoms with van der Waals surface area (Å²) in [6.45, 7) is 1.21. The van der Waals surface area contributed by atoms with Gasteiger partial charge in [-0.15, -0.1) is 11.3 Å². The van der Waals surface area contributed by atoms with E-state index in [1.54, 1.807) is 0 Å². The maximum atomic E-state index is 2.60. The Morgan fingerprint density at radius 2 is 1.94 bits per heavy atom. The quantitative estimate of drug-likeness (QED) is 0.790. The predicted octanol–water partition coefficient (Wildman–Crippen LogP) is 4.35. The Morgan fingerprint density at radius 3 is 2.72 bits per heavy atom. The third-order valence-corrected chi connectivity index (χ3v) is 4.63. The molecule has 94 valence electrons. The normalized spacial score (nSPS) is 20.0. The van der Waals surface area contributed by atoms with Crippen LogP contribution in [-0.2, 0) is 6.42 Å². The Bertz CT molecular complexity index is 463. The molecule has 1 unspecified atom stereocenters. The van der Waals surface area contributed by atoms with Crippen molar-refractivity contribution >= 4 is 17.0 Å². The van der Waals surface area contributed by atoms with Crippen molar-refractivity contribution in [3.05, 3.63) is 52.7 Å². The van der Waals surface area contributed by atoms with Gasteiger partial charge in [-0.3, -0.25) is 0 Å². The molecule has 0 saturated carbocycles. The van der Waals surface area contributed by atoms with Gasteiger partial charge >= 0.3 is 0 Å². The number of para-hydroxylation sites is 1. The average Bonchev–Trinajstić information content (AvgIpc) is 2.93. The fourth-order valence-electron chi connectivity index (χ4n) is 2.83. The number of benzene rings is 1. The number of thiophene rings is 1. The van der Waals surface area contributed by atoms with Gasteiger partial charge in [0.05, 0.1) is 0 Å². The first-order valence-electron chi connectivity index (χ1n) is 6.77. The fraction of sp³-hybridized carbons (Fsp3) is 0.375. The minimum atomic E-state index is 0.680. The average molecular weight is 257 g/mol. The fourth-order valence-corrected chi connectivity index (χ4v) is 3.61. The molecule has 0 N–H and O–H groups in total. The summed E-state index contributed by atoms with van der Waals surface area (Å²) in [4.78, 5) is 4.12. The molecular formula is C16H19NS. The second-order valence-electron chi connectivity index (χ2n) is 4.96. The smallest absolute Gasteiger partial charge is 0.0368 e. The van der Waals surface area contributed by atoms with E-state index >= 15 is 0 Å². The molecule has 1 fully saturated rings. The number of rotatable bonds is 3. The second-order valence-corrected chi connectivity index (χ2v) is 5.99. The van der Waals surface area contributed by atoms with Crippen LogP contribution in [0.3, 0.4) is 0 Å². The van der Waals surface area contributed by atoms with E-state index < -0.39 is 0 Å². The van der Waals surface area contributed by atoms with E-state index in [0.29, 0.717) is 6.04 Å². The highest BCUT2D eigenvalue weighted by atomic mass is 32.1. The van der Waals surface area contributed by atoms with Crippen molar-refractivity contribution in [1.82, 2.24) is 0 Å². The number of nitrogens with zero attached hydrogens (tertiary/aromatic N) is 1. The summed E-state index contributed by atoms with van der Waals surface area (Å²) < 4.78 is 0. The Kier molecular flexibility index (Phi) is 3.65. The lowest BCUT2D eigenvalue weighted by Crippen LogP contribution is -2.40. The lowest BCUT2D eigenvalue weighted by Gasteiger charge is -2.37. The topological polar surface area (TPSA) is 3.24 Å². The summed E-state index contributed by atoms with van der Waals surface area (Å²) in [5, 5.41) is 2.19. The Hall–Kier alpha value is -1.28. The minimum Gasteiger partial charge on any atom is -0.368 e. The largest absolute Gasteiger partial charge is 0.368 e. The van der Waals surface area contributed by atoms with Gasteiger partial charge in [0, 0.05) is 29.6 Å². The van der Waals surface area contributed by atoms with Gasteiger partial charge in [0.25, 0.3) is 0 Å². The van der Waals surface area contributed by atoms with E-state index in [1.807, 2.05) is 11.3 Å². The van der Waals surface area contributed by atoms with Crippen LogP contribution in [-0.4, -0.2) is 12.6 Å². The van der Waals surface area contributed by atoms with E-state index in [1.165, 1.54) is 42.8 Å². The summed E-state index contributed by atoms with van der Waals surface area (Å²) >= 11 is 1.89. The summed E-state index contributed by atoms with van der Waals surface area (Å²) in [5.41, 5.74) is 1.39. The Balaban J connectivity index is 1.78. The third kappa shape index (κ3) is 2.59.